The van der Waals surface area contributed by atoms with Crippen molar-refractivity contribution in [2.45, 2.75) is 6.54 Å². The van der Waals surface area contributed by atoms with E-state index in [-0.39, 0.29) is 5.75 Å². The molecule has 1 rings (SSSR count). The van der Waals surface area contributed by atoms with Crippen LogP contribution in [0.2, 0.25) is 0 Å². The topological polar surface area (TPSA) is 41.5 Å². The molecular weight excluding hydrogens is 154 g/mol. The second-order valence-corrected chi connectivity index (χ2v) is 2.50. The molecule has 0 radical (unpaired) electrons. The zero-order valence-electron chi connectivity index (χ0n) is 7.29. The van der Waals surface area contributed by atoms with Crippen LogP contribution in [-0.4, -0.2) is 19.3 Å². The maximum atomic E-state index is 9.37. The molecule has 0 bridgehead atoms. The van der Waals surface area contributed by atoms with Gasteiger partial charge < -0.3 is 15.2 Å². The first-order chi connectivity index (χ1) is 5.79. The summed E-state index contributed by atoms with van der Waals surface area (Å²) in [5.74, 6) is 0.733. The molecule has 0 aromatic heterocycles. The number of rotatable bonds is 3. The van der Waals surface area contributed by atoms with Crippen molar-refractivity contribution in [3.8, 4) is 11.5 Å². The van der Waals surface area contributed by atoms with E-state index in [9.17, 15) is 5.11 Å². The van der Waals surface area contributed by atoms with Crippen LogP contribution >= 0.6 is 0 Å². The summed E-state index contributed by atoms with van der Waals surface area (Å²) >= 11 is 0. The van der Waals surface area contributed by atoms with Gasteiger partial charge in [-0.25, -0.2) is 0 Å². The first-order valence-electron chi connectivity index (χ1n) is 3.79. The summed E-state index contributed by atoms with van der Waals surface area (Å²) in [5, 5.41) is 12.4. The van der Waals surface area contributed by atoms with Crippen LogP contribution in [0.3, 0.4) is 0 Å². The number of methoxy groups -OCH3 is 1. The molecule has 0 spiro atoms. The van der Waals surface area contributed by atoms with E-state index in [0.29, 0.717) is 12.3 Å². The van der Waals surface area contributed by atoms with Crippen molar-refractivity contribution in [3.63, 3.8) is 0 Å². The first kappa shape index (κ1) is 8.87. The Morgan fingerprint density at radius 1 is 1.50 bits per heavy atom. The van der Waals surface area contributed by atoms with Gasteiger partial charge in [0, 0.05) is 12.1 Å². The van der Waals surface area contributed by atoms with Crippen LogP contribution in [0.1, 0.15) is 5.56 Å². The van der Waals surface area contributed by atoms with Crippen molar-refractivity contribution in [3.05, 3.63) is 23.8 Å². The molecule has 66 valence electrons. The quantitative estimate of drug-likeness (QED) is 0.708. The molecule has 2 N–H and O–H groups in total. The third-order valence-corrected chi connectivity index (χ3v) is 1.65. The molecule has 0 saturated heterocycles. The Balaban J connectivity index is 3.00. The zero-order valence-corrected chi connectivity index (χ0v) is 7.29. The summed E-state index contributed by atoms with van der Waals surface area (Å²) in [6, 6.07) is 5.32. The fourth-order valence-corrected chi connectivity index (χ4v) is 1.14. The van der Waals surface area contributed by atoms with Crippen LogP contribution in [0.5, 0.6) is 11.5 Å². The average molecular weight is 167 g/mol. The predicted molar refractivity (Wildman–Crippen MR) is 47.4 cm³/mol. The highest BCUT2D eigenvalue weighted by Crippen LogP contribution is 2.29. The van der Waals surface area contributed by atoms with E-state index in [1.165, 1.54) is 0 Å². The second kappa shape index (κ2) is 3.97. The summed E-state index contributed by atoms with van der Waals surface area (Å²) in [6.07, 6.45) is 0. The molecule has 0 aliphatic carbocycles. The van der Waals surface area contributed by atoms with Crippen LogP contribution in [0.15, 0.2) is 18.2 Å². The van der Waals surface area contributed by atoms with Crippen molar-refractivity contribution in [1.29, 1.82) is 0 Å². The molecule has 0 amide bonds. The van der Waals surface area contributed by atoms with Crippen molar-refractivity contribution in [2.75, 3.05) is 14.2 Å². The molecule has 0 atom stereocenters. The number of para-hydroxylation sites is 1. The standard InChI is InChI=1S/C9H13NO2/c1-10-6-7-4-3-5-8(11)9(7)12-2/h3-5,10-11H,6H2,1-2H3. The van der Waals surface area contributed by atoms with Gasteiger partial charge in [0.2, 0.25) is 0 Å². The molecule has 0 fully saturated rings. The van der Waals surface area contributed by atoms with Crippen molar-refractivity contribution >= 4 is 0 Å². The summed E-state index contributed by atoms with van der Waals surface area (Å²) < 4.78 is 5.04. The Hall–Kier alpha value is -1.22. The third-order valence-electron chi connectivity index (χ3n) is 1.65. The normalized spacial score (nSPS) is 9.83. The monoisotopic (exact) mass is 167 g/mol. The lowest BCUT2D eigenvalue weighted by Gasteiger charge is -2.08. The molecule has 1 aromatic carbocycles. The van der Waals surface area contributed by atoms with Gasteiger partial charge in [0.05, 0.1) is 7.11 Å². The Labute approximate surface area is 72.0 Å². The van der Waals surface area contributed by atoms with Crippen molar-refractivity contribution < 1.29 is 9.84 Å². The van der Waals surface area contributed by atoms with Gasteiger partial charge >= 0.3 is 0 Å². The smallest absolute Gasteiger partial charge is 0.164 e. The lowest BCUT2D eigenvalue weighted by Crippen LogP contribution is -2.06. The molecule has 0 aliphatic rings. The molecule has 0 unspecified atom stereocenters. The zero-order chi connectivity index (χ0) is 8.97. The molecule has 3 heteroatoms. The largest absolute Gasteiger partial charge is 0.504 e. The minimum absolute atomic E-state index is 0.185. The number of phenolic OH excluding ortho intramolecular Hbond substituents is 1. The number of benzene rings is 1. The average Bonchev–Trinajstić information content (AvgIpc) is 2.05. The molecular formula is C9H13NO2. The summed E-state index contributed by atoms with van der Waals surface area (Å²) in [5.41, 5.74) is 0.958. The lowest BCUT2D eigenvalue weighted by atomic mass is 10.2. The Morgan fingerprint density at radius 2 is 2.25 bits per heavy atom. The van der Waals surface area contributed by atoms with E-state index in [0.717, 1.165) is 5.56 Å². The van der Waals surface area contributed by atoms with Crippen LogP contribution in [0, 0.1) is 0 Å². The van der Waals surface area contributed by atoms with E-state index in [4.69, 9.17) is 4.74 Å². The van der Waals surface area contributed by atoms with Crippen LogP contribution in [0.4, 0.5) is 0 Å². The number of hydrogen-bond donors (Lipinski definition) is 2. The predicted octanol–water partition coefficient (Wildman–Crippen LogP) is 1.12. The van der Waals surface area contributed by atoms with Gasteiger partial charge in [-0.3, -0.25) is 0 Å². The van der Waals surface area contributed by atoms with Gasteiger partial charge in [0.15, 0.2) is 11.5 Å². The van der Waals surface area contributed by atoms with E-state index in [1.807, 2.05) is 13.1 Å². The summed E-state index contributed by atoms with van der Waals surface area (Å²) in [4.78, 5) is 0. The third kappa shape index (κ3) is 1.68. The SMILES string of the molecule is CNCc1cccc(O)c1OC. The van der Waals surface area contributed by atoms with E-state index in [2.05, 4.69) is 5.32 Å². The molecule has 3 nitrogen and oxygen atoms in total. The number of nitrogens with one attached hydrogen (secondary N) is 1. The molecule has 12 heavy (non-hydrogen) atoms. The van der Waals surface area contributed by atoms with E-state index in [1.54, 1.807) is 19.2 Å². The second-order valence-electron chi connectivity index (χ2n) is 2.50. The molecule has 0 heterocycles. The van der Waals surface area contributed by atoms with Gasteiger partial charge in [-0.05, 0) is 13.1 Å². The molecule has 0 aliphatic heterocycles. The molecule has 1 aromatic rings. The van der Waals surface area contributed by atoms with Crippen LogP contribution < -0.4 is 10.1 Å². The van der Waals surface area contributed by atoms with Gasteiger partial charge in [-0.15, -0.1) is 0 Å². The fraction of sp³-hybridized carbons (Fsp3) is 0.333. The number of ether oxygens (including phenoxy) is 1. The highest BCUT2D eigenvalue weighted by atomic mass is 16.5. The highest BCUT2D eigenvalue weighted by molar-refractivity contribution is 5.45. The minimum atomic E-state index is 0.185. The van der Waals surface area contributed by atoms with E-state index < -0.39 is 0 Å². The van der Waals surface area contributed by atoms with Crippen molar-refractivity contribution in [2.24, 2.45) is 0 Å². The Bertz CT molecular complexity index is 261. The first-order valence-corrected chi connectivity index (χ1v) is 3.79. The van der Waals surface area contributed by atoms with Gasteiger partial charge in [0.1, 0.15) is 0 Å². The fourth-order valence-electron chi connectivity index (χ4n) is 1.14. The summed E-state index contributed by atoms with van der Waals surface area (Å²) in [6.45, 7) is 0.692. The Morgan fingerprint density at radius 3 is 2.83 bits per heavy atom. The summed E-state index contributed by atoms with van der Waals surface area (Å²) in [7, 11) is 3.40. The maximum absolute atomic E-state index is 9.37. The lowest BCUT2D eigenvalue weighted by molar-refractivity contribution is 0.368. The van der Waals surface area contributed by atoms with E-state index >= 15 is 0 Å². The van der Waals surface area contributed by atoms with Gasteiger partial charge in [-0.2, -0.15) is 0 Å². The highest BCUT2D eigenvalue weighted by Gasteiger charge is 2.05. The number of phenols is 1. The minimum Gasteiger partial charge on any atom is -0.504 e. The maximum Gasteiger partial charge on any atom is 0.164 e. The van der Waals surface area contributed by atoms with Crippen molar-refractivity contribution in [1.82, 2.24) is 5.32 Å². The van der Waals surface area contributed by atoms with Gasteiger partial charge in [0.25, 0.3) is 0 Å². The van der Waals surface area contributed by atoms with Gasteiger partial charge in [-0.1, -0.05) is 12.1 Å². The molecule has 0 saturated carbocycles. The number of aromatic hydroxyl groups is 1. The Kier molecular flexibility index (Phi) is 2.94. The van der Waals surface area contributed by atoms with Crippen LogP contribution in [-0.2, 0) is 6.54 Å². The number of hydrogen-bond acceptors (Lipinski definition) is 3. The van der Waals surface area contributed by atoms with Crippen LogP contribution in [0.25, 0.3) is 0 Å².